The third-order valence-electron chi connectivity index (χ3n) is 4.35. The molecule has 0 aliphatic carbocycles. The maximum atomic E-state index is 8.96. The number of aliphatic hydroxyl groups excluding tert-OH is 1. The smallest absolute Gasteiger partial charge is 0.0433 e. The third-order valence-corrected chi connectivity index (χ3v) is 4.35. The van der Waals surface area contributed by atoms with Gasteiger partial charge in [-0.25, -0.2) is 0 Å². The maximum Gasteiger partial charge on any atom is 0.0433 e. The molecule has 0 amide bonds. The van der Waals surface area contributed by atoms with Gasteiger partial charge in [0.2, 0.25) is 0 Å². The standard InChI is InChI=1S/C20H32O/c1-4-5-14-20(19-12-7-6-8-13-19)18(3)11-9-10-17(2)15-16-21/h6-8,11-13,17,20-21H,4-5,9-10,14-16H2,1-3H3/b18-11-. The minimum absolute atomic E-state index is 0.313. The van der Waals surface area contributed by atoms with Gasteiger partial charge in [0.25, 0.3) is 0 Å². The van der Waals surface area contributed by atoms with Crippen LogP contribution in [-0.2, 0) is 0 Å². The summed E-state index contributed by atoms with van der Waals surface area (Å²) in [5.74, 6) is 1.18. The molecule has 1 nitrogen and oxygen atoms in total. The normalized spacial score (nSPS) is 15.0. The van der Waals surface area contributed by atoms with E-state index in [-0.39, 0.29) is 0 Å². The zero-order chi connectivity index (χ0) is 15.5. The zero-order valence-electron chi connectivity index (χ0n) is 14.0. The van der Waals surface area contributed by atoms with Crippen molar-refractivity contribution in [3.8, 4) is 0 Å². The van der Waals surface area contributed by atoms with Crippen molar-refractivity contribution in [3.05, 3.63) is 47.5 Å². The molecular formula is C20H32O. The molecule has 1 aromatic rings. The lowest BCUT2D eigenvalue weighted by Gasteiger charge is -2.19. The second-order valence-corrected chi connectivity index (χ2v) is 6.25. The van der Waals surface area contributed by atoms with Crippen LogP contribution >= 0.6 is 0 Å². The zero-order valence-corrected chi connectivity index (χ0v) is 14.0. The monoisotopic (exact) mass is 288 g/mol. The highest BCUT2D eigenvalue weighted by Gasteiger charge is 2.12. The number of allylic oxidation sites excluding steroid dienone is 2. The Kier molecular flexibility index (Phi) is 9.09. The van der Waals surface area contributed by atoms with Gasteiger partial charge in [-0.1, -0.05) is 68.7 Å². The first-order chi connectivity index (χ1) is 10.2. The first-order valence-electron chi connectivity index (χ1n) is 8.51. The summed E-state index contributed by atoms with van der Waals surface area (Å²) in [4.78, 5) is 0. The van der Waals surface area contributed by atoms with E-state index in [1.165, 1.54) is 36.8 Å². The summed E-state index contributed by atoms with van der Waals surface area (Å²) in [6.45, 7) is 7.08. The molecular weight excluding hydrogens is 256 g/mol. The van der Waals surface area contributed by atoms with Crippen LogP contribution in [0.5, 0.6) is 0 Å². The molecule has 0 aromatic heterocycles. The fourth-order valence-corrected chi connectivity index (χ4v) is 2.85. The van der Waals surface area contributed by atoms with Crippen LogP contribution in [-0.4, -0.2) is 11.7 Å². The van der Waals surface area contributed by atoms with Crippen molar-refractivity contribution in [1.29, 1.82) is 0 Å². The molecule has 0 saturated heterocycles. The Morgan fingerprint density at radius 1 is 1.14 bits per heavy atom. The van der Waals surface area contributed by atoms with Crippen LogP contribution in [0.2, 0.25) is 0 Å². The molecule has 2 atom stereocenters. The number of benzene rings is 1. The quantitative estimate of drug-likeness (QED) is 0.547. The van der Waals surface area contributed by atoms with E-state index in [0.29, 0.717) is 18.4 Å². The molecule has 1 heteroatoms. The summed E-state index contributed by atoms with van der Waals surface area (Å²) in [5.41, 5.74) is 2.95. The van der Waals surface area contributed by atoms with Gasteiger partial charge in [0, 0.05) is 12.5 Å². The molecule has 0 heterocycles. The summed E-state index contributed by atoms with van der Waals surface area (Å²) in [5, 5.41) is 8.96. The highest BCUT2D eigenvalue weighted by Crippen LogP contribution is 2.30. The summed E-state index contributed by atoms with van der Waals surface area (Å²) in [7, 11) is 0. The van der Waals surface area contributed by atoms with Gasteiger partial charge >= 0.3 is 0 Å². The molecule has 0 bridgehead atoms. The average molecular weight is 288 g/mol. The molecule has 0 aliphatic heterocycles. The Morgan fingerprint density at radius 3 is 2.48 bits per heavy atom. The summed E-state index contributed by atoms with van der Waals surface area (Å²) < 4.78 is 0. The van der Waals surface area contributed by atoms with Gasteiger partial charge in [0.05, 0.1) is 0 Å². The van der Waals surface area contributed by atoms with Crippen molar-refractivity contribution in [3.63, 3.8) is 0 Å². The van der Waals surface area contributed by atoms with E-state index in [1.54, 1.807) is 0 Å². The van der Waals surface area contributed by atoms with Crippen molar-refractivity contribution < 1.29 is 5.11 Å². The van der Waals surface area contributed by atoms with Gasteiger partial charge in [-0.2, -0.15) is 0 Å². The van der Waals surface area contributed by atoms with Crippen LogP contribution in [0.1, 0.15) is 70.8 Å². The van der Waals surface area contributed by atoms with Crippen LogP contribution in [0.15, 0.2) is 42.0 Å². The van der Waals surface area contributed by atoms with Gasteiger partial charge in [0.15, 0.2) is 0 Å². The molecule has 0 radical (unpaired) electrons. The number of aliphatic hydroxyl groups is 1. The maximum absolute atomic E-state index is 8.96. The van der Waals surface area contributed by atoms with Gasteiger partial charge in [0.1, 0.15) is 0 Å². The average Bonchev–Trinajstić information content (AvgIpc) is 2.49. The predicted octanol–water partition coefficient (Wildman–Crippen LogP) is 5.71. The second-order valence-electron chi connectivity index (χ2n) is 6.25. The summed E-state index contributed by atoms with van der Waals surface area (Å²) >= 11 is 0. The van der Waals surface area contributed by atoms with E-state index in [0.717, 1.165) is 12.8 Å². The van der Waals surface area contributed by atoms with E-state index in [2.05, 4.69) is 57.2 Å². The lowest BCUT2D eigenvalue weighted by Crippen LogP contribution is -2.02. The van der Waals surface area contributed by atoms with E-state index < -0.39 is 0 Å². The number of hydrogen-bond acceptors (Lipinski definition) is 1. The first-order valence-corrected chi connectivity index (χ1v) is 8.51. The van der Waals surface area contributed by atoms with Crippen molar-refractivity contribution in [2.24, 2.45) is 5.92 Å². The van der Waals surface area contributed by atoms with Crippen LogP contribution in [0, 0.1) is 5.92 Å². The predicted molar refractivity (Wildman–Crippen MR) is 92.6 cm³/mol. The Bertz CT molecular complexity index is 394. The van der Waals surface area contributed by atoms with E-state index >= 15 is 0 Å². The van der Waals surface area contributed by atoms with Crippen LogP contribution in [0.4, 0.5) is 0 Å². The Labute approximate surface area is 131 Å². The summed E-state index contributed by atoms with van der Waals surface area (Å²) in [6, 6.07) is 10.9. The molecule has 0 saturated carbocycles. The molecule has 118 valence electrons. The fourth-order valence-electron chi connectivity index (χ4n) is 2.85. The Morgan fingerprint density at radius 2 is 1.86 bits per heavy atom. The van der Waals surface area contributed by atoms with Gasteiger partial charge in [-0.15, -0.1) is 0 Å². The molecule has 1 aromatic carbocycles. The van der Waals surface area contributed by atoms with Gasteiger partial charge < -0.3 is 5.11 Å². The first kappa shape index (κ1) is 18.0. The van der Waals surface area contributed by atoms with Crippen molar-refractivity contribution in [2.45, 2.75) is 65.2 Å². The van der Waals surface area contributed by atoms with Crippen LogP contribution in [0.25, 0.3) is 0 Å². The molecule has 2 unspecified atom stereocenters. The number of hydrogen-bond donors (Lipinski definition) is 1. The second kappa shape index (κ2) is 10.6. The topological polar surface area (TPSA) is 20.2 Å². The van der Waals surface area contributed by atoms with Crippen molar-refractivity contribution >= 4 is 0 Å². The van der Waals surface area contributed by atoms with E-state index in [4.69, 9.17) is 5.11 Å². The highest BCUT2D eigenvalue weighted by molar-refractivity contribution is 5.28. The number of unbranched alkanes of at least 4 members (excludes halogenated alkanes) is 1. The van der Waals surface area contributed by atoms with Crippen molar-refractivity contribution in [2.75, 3.05) is 6.61 Å². The van der Waals surface area contributed by atoms with Gasteiger partial charge in [-0.3, -0.25) is 0 Å². The van der Waals surface area contributed by atoms with Crippen LogP contribution in [0.3, 0.4) is 0 Å². The SMILES string of the molecule is CCCCC(/C(C)=C\CCC(C)CCO)c1ccccc1. The minimum atomic E-state index is 0.313. The largest absolute Gasteiger partial charge is 0.396 e. The van der Waals surface area contributed by atoms with Gasteiger partial charge in [-0.05, 0) is 44.1 Å². The molecule has 21 heavy (non-hydrogen) atoms. The number of rotatable bonds is 10. The fraction of sp³-hybridized carbons (Fsp3) is 0.600. The lowest BCUT2D eigenvalue weighted by molar-refractivity contribution is 0.259. The molecule has 0 aliphatic rings. The molecule has 0 fully saturated rings. The third kappa shape index (κ3) is 6.95. The Hall–Kier alpha value is -1.08. The van der Waals surface area contributed by atoms with E-state index in [1.807, 2.05) is 0 Å². The molecule has 1 rings (SSSR count). The highest BCUT2D eigenvalue weighted by atomic mass is 16.3. The van der Waals surface area contributed by atoms with Crippen LogP contribution < -0.4 is 0 Å². The molecule has 1 N–H and O–H groups in total. The van der Waals surface area contributed by atoms with Crippen molar-refractivity contribution in [1.82, 2.24) is 0 Å². The molecule has 0 spiro atoms. The summed E-state index contributed by atoms with van der Waals surface area (Å²) in [6.07, 6.45) is 9.42. The minimum Gasteiger partial charge on any atom is -0.396 e. The lowest BCUT2D eigenvalue weighted by atomic mass is 9.86. The van der Waals surface area contributed by atoms with E-state index in [9.17, 15) is 0 Å². The Balaban J connectivity index is 2.64.